The fraction of sp³-hybridized carbons (Fsp3) is 0.286. The Hall–Kier alpha value is -2.17. The first-order chi connectivity index (χ1) is 8.95. The topological polar surface area (TPSA) is 44.1 Å². The molecule has 0 aliphatic rings. The summed E-state index contributed by atoms with van der Waals surface area (Å²) in [7, 11) is 1.71. The average Bonchev–Trinajstić information content (AvgIpc) is 2.38. The summed E-state index contributed by atoms with van der Waals surface area (Å²) in [4.78, 5) is 19.9. The second-order valence-corrected chi connectivity index (χ2v) is 4.55. The van der Waals surface area contributed by atoms with Gasteiger partial charge in [-0.3, -0.25) is 14.7 Å². The Labute approximate surface area is 110 Å². The minimum Gasteiger partial charge on any atom is -0.308 e. The highest BCUT2D eigenvalue weighted by molar-refractivity contribution is 5.67. The Morgan fingerprint density at radius 3 is 2.47 bits per heavy atom. The molecule has 0 bridgehead atoms. The van der Waals surface area contributed by atoms with E-state index in [-0.39, 0.29) is 11.3 Å². The van der Waals surface area contributed by atoms with Crippen LogP contribution in [0.4, 0.5) is 4.53 Å². The quantitative estimate of drug-likeness (QED) is 0.835. The number of halogens is 1. The molecule has 2 rings (SSSR count). The van der Waals surface area contributed by atoms with Gasteiger partial charge in [0, 0.05) is 17.1 Å². The van der Waals surface area contributed by atoms with Crippen LogP contribution in [-0.2, 0) is 7.05 Å². The van der Waals surface area contributed by atoms with Crippen LogP contribution in [0.1, 0.15) is 17.0 Å². The maximum atomic E-state index is 12.1. The van der Waals surface area contributed by atoms with E-state index >= 15 is 0 Å². The van der Waals surface area contributed by atoms with Gasteiger partial charge in [-0.15, -0.1) is 0 Å². The second kappa shape index (κ2) is 4.84. The Morgan fingerprint density at radius 2 is 1.89 bits per heavy atom. The number of aromatic nitrogens is 2. The summed E-state index contributed by atoms with van der Waals surface area (Å²) in [5.74, 6) is 0.143. The molecule has 19 heavy (non-hydrogen) atoms. The van der Waals surface area contributed by atoms with Crippen LogP contribution in [0.2, 0.25) is 0 Å². The molecule has 100 valence electrons. The van der Waals surface area contributed by atoms with Crippen LogP contribution < -0.4 is 10.5 Å². The summed E-state index contributed by atoms with van der Waals surface area (Å²) in [5, 5.41) is 0. The lowest BCUT2D eigenvalue weighted by atomic mass is 10.0. The van der Waals surface area contributed by atoms with E-state index in [1.165, 1.54) is 6.07 Å². The minimum absolute atomic E-state index is 0.134. The normalized spacial score (nSPS) is 10.6. The molecule has 0 fully saturated rings. The van der Waals surface area contributed by atoms with Crippen molar-refractivity contribution in [3.8, 4) is 17.0 Å². The third kappa shape index (κ3) is 2.23. The predicted octanol–water partition coefficient (Wildman–Crippen LogP) is 2.64. The van der Waals surface area contributed by atoms with Crippen LogP contribution in [0.5, 0.6) is 5.75 Å². The lowest BCUT2D eigenvalue weighted by molar-refractivity contribution is -0.00624. The Balaban J connectivity index is 2.73. The monoisotopic (exact) mass is 262 g/mol. The number of aryl methyl sites for hydroxylation is 3. The fourth-order valence-corrected chi connectivity index (χ4v) is 2.26. The van der Waals surface area contributed by atoms with Crippen molar-refractivity contribution in [3.63, 3.8) is 0 Å². The fourth-order valence-electron chi connectivity index (χ4n) is 2.26. The van der Waals surface area contributed by atoms with Crippen LogP contribution in [0.15, 0.2) is 23.0 Å². The predicted molar refractivity (Wildman–Crippen MR) is 70.9 cm³/mol. The maximum absolute atomic E-state index is 12.1. The SMILES string of the molecule is Cc1cc(OF)ccc1-c1c(C)nc(C)c(=O)n1C. The van der Waals surface area contributed by atoms with Crippen molar-refractivity contribution in [2.75, 3.05) is 0 Å². The molecule has 0 N–H and O–H groups in total. The smallest absolute Gasteiger partial charge is 0.272 e. The molecular formula is C14H15FN2O2. The van der Waals surface area contributed by atoms with Gasteiger partial charge >= 0.3 is 0 Å². The summed E-state index contributed by atoms with van der Waals surface area (Å²) in [6.45, 7) is 5.37. The Morgan fingerprint density at radius 1 is 1.21 bits per heavy atom. The van der Waals surface area contributed by atoms with Crippen LogP contribution in [-0.4, -0.2) is 9.55 Å². The van der Waals surface area contributed by atoms with Crippen molar-refractivity contribution in [2.45, 2.75) is 20.8 Å². The molecule has 0 radical (unpaired) electrons. The molecule has 0 atom stereocenters. The summed E-state index contributed by atoms with van der Waals surface area (Å²) >= 11 is 0. The molecule has 0 aliphatic carbocycles. The van der Waals surface area contributed by atoms with Gasteiger partial charge in [-0.05, 0) is 44.5 Å². The van der Waals surface area contributed by atoms with Gasteiger partial charge in [-0.25, -0.2) is 0 Å². The largest absolute Gasteiger partial charge is 0.308 e. The van der Waals surface area contributed by atoms with E-state index < -0.39 is 0 Å². The van der Waals surface area contributed by atoms with Gasteiger partial charge in [0.05, 0.1) is 11.4 Å². The van der Waals surface area contributed by atoms with E-state index in [0.717, 1.165) is 22.5 Å². The molecule has 0 spiro atoms. The number of rotatable bonds is 2. The number of benzene rings is 1. The lowest BCUT2D eigenvalue weighted by Crippen LogP contribution is -2.23. The molecule has 5 heteroatoms. The third-order valence-electron chi connectivity index (χ3n) is 3.17. The maximum Gasteiger partial charge on any atom is 0.272 e. The number of hydrogen-bond acceptors (Lipinski definition) is 3. The van der Waals surface area contributed by atoms with E-state index in [9.17, 15) is 9.32 Å². The average molecular weight is 262 g/mol. The molecule has 1 heterocycles. The van der Waals surface area contributed by atoms with Crippen LogP contribution >= 0.6 is 0 Å². The van der Waals surface area contributed by atoms with Crippen molar-refractivity contribution in [1.29, 1.82) is 0 Å². The second-order valence-electron chi connectivity index (χ2n) is 4.55. The van der Waals surface area contributed by atoms with E-state index in [4.69, 9.17) is 0 Å². The summed E-state index contributed by atoms with van der Waals surface area (Å²) in [6.07, 6.45) is 0. The van der Waals surface area contributed by atoms with Crippen molar-refractivity contribution < 1.29 is 9.47 Å². The molecule has 0 unspecified atom stereocenters. The molecule has 0 amide bonds. The first kappa shape index (κ1) is 13.3. The van der Waals surface area contributed by atoms with Gasteiger partial charge in [-0.2, -0.15) is 0 Å². The number of hydrogen-bond donors (Lipinski definition) is 0. The van der Waals surface area contributed by atoms with E-state index in [0.29, 0.717) is 5.69 Å². The third-order valence-corrected chi connectivity index (χ3v) is 3.17. The van der Waals surface area contributed by atoms with Crippen LogP contribution in [0, 0.1) is 20.8 Å². The molecule has 0 aliphatic heterocycles. The highest BCUT2D eigenvalue weighted by atomic mass is 19.3. The summed E-state index contributed by atoms with van der Waals surface area (Å²) in [6, 6.07) is 4.83. The molecule has 1 aromatic carbocycles. The van der Waals surface area contributed by atoms with Crippen molar-refractivity contribution >= 4 is 0 Å². The van der Waals surface area contributed by atoms with E-state index in [2.05, 4.69) is 9.93 Å². The first-order valence-electron chi connectivity index (χ1n) is 5.89. The minimum atomic E-state index is -0.134. The first-order valence-corrected chi connectivity index (χ1v) is 5.89. The van der Waals surface area contributed by atoms with Gasteiger partial charge in [-0.1, -0.05) is 0 Å². The van der Waals surface area contributed by atoms with Crippen molar-refractivity contribution in [2.24, 2.45) is 7.05 Å². The van der Waals surface area contributed by atoms with Gasteiger partial charge in [0.1, 0.15) is 5.69 Å². The molecule has 4 nitrogen and oxygen atoms in total. The van der Waals surface area contributed by atoms with E-state index in [1.54, 1.807) is 30.7 Å². The lowest BCUT2D eigenvalue weighted by Gasteiger charge is -2.14. The van der Waals surface area contributed by atoms with Crippen LogP contribution in [0.3, 0.4) is 0 Å². The Kier molecular flexibility index (Phi) is 3.38. The molecular weight excluding hydrogens is 247 g/mol. The van der Waals surface area contributed by atoms with E-state index in [1.807, 2.05) is 13.8 Å². The molecule has 0 saturated carbocycles. The van der Waals surface area contributed by atoms with Gasteiger partial charge < -0.3 is 4.57 Å². The van der Waals surface area contributed by atoms with Gasteiger partial charge in [0.2, 0.25) is 0 Å². The zero-order valence-electron chi connectivity index (χ0n) is 11.3. The van der Waals surface area contributed by atoms with Crippen LogP contribution in [0.25, 0.3) is 11.3 Å². The standard InChI is InChI=1S/C14H15FN2O2/c1-8-7-11(19-15)5-6-12(8)13-9(2)16-10(3)14(18)17(13)4/h5-7H,1-4H3. The molecule has 0 saturated heterocycles. The highest BCUT2D eigenvalue weighted by Gasteiger charge is 2.13. The zero-order chi connectivity index (χ0) is 14.2. The van der Waals surface area contributed by atoms with Crippen molar-refractivity contribution in [3.05, 3.63) is 45.5 Å². The summed E-state index contributed by atoms with van der Waals surface area (Å²) < 4.78 is 13.7. The molecule has 2 aromatic rings. The summed E-state index contributed by atoms with van der Waals surface area (Å²) in [5.41, 5.74) is 3.48. The molecule has 1 aromatic heterocycles. The van der Waals surface area contributed by atoms with Gasteiger partial charge in [0.25, 0.3) is 5.56 Å². The Bertz CT molecular complexity index is 693. The highest BCUT2D eigenvalue weighted by Crippen LogP contribution is 2.27. The van der Waals surface area contributed by atoms with Crippen molar-refractivity contribution in [1.82, 2.24) is 9.55 Å². The number of nitrogens with zero attached hydrogens (tertiary/aromatic N) is 2. The zero-order valence-corrected chi connectivity index (χ0v) is 11.3. The van der Waals surface area contributed by atoms with Gasteiger partial charge in [0.15, 0.2) is 5.75 Å².